The Balaban J connectivity index is 1.77. The third-order valence-electron chi connectivity index (χ3n) is 4.69. The van der Waals surface area contributed by atoms with Crippen molar-refractivity contribution in [1.29, 1.82) is 0 Å². The van der Waals surface area contributed by atoms with E-state index in [1.54, 1.807) is 0 Å². The molecule has 1 heterocycles. The molecule has 3 rings (SSSR count). The molecule has 1 aromatic heterocycles. The van der Waals surface area contributed by atoms with Crippen molar-refractivity contribution >= 4 is 11.0 Å². The monoisotopic (exact) mass is 273 g/mol. The molecule has 4 nitrogen and oxygen atoms in total. The predicted octanol–water partition coefficient (Wildman–Crippen LogP) is 3.09. The van der Waals surface area contributed by atoms with Crippen LogP contribution in [0.5, 0.6) is 0 Å². The number of benzene rings is 1. The molecule has 0 aliphatic heterocycles. The number of nitrogens with one attached hydrogen (secondary N) is 3. The van der Waals surface area contributed by atoms with Crippen LogP contribution in [-0.4, -0.2) is 16.0 Å². The summed E-state index contributed by atoms with van der Waals surface area (Å²) in [5, 5.41) is 3.77. The molecule has 3 atom stereocenters. The van der Waals surface area contributed by atoms with Gasteiger partial charge in [0.1, 0.15) is 0 Å². The second-order valence-corrected chi connectivity index (χ2v) is 5.98. The Morgan fingerprint density at radius 3 is 2.90 bits per heavy atom. The third-order valence-corrected chi connectivity index (χ3v) is 4.69. The van der Waals surface area contributed by atoms with E-state index >= 15 is 0 Å². The van der Waals surface area contributed by atoms with Gasteiger partial charge in [-0.25, -0.2) is 4.79 Å². The zero-order valence-electron chi connectivity index (χ0n) is 12.2. The second-order valence-electron chi connectivity index (χ2n) is 5.98. The van der Waals surface area contributed by atoms with Gasteiger partial charge < -0.3 is 15.3 Å². The fraction of sp³-hybridized carbons (Fsp3) is 0.562. The van der Waals surface area contributed by atoms with Gasteiger partial charge in [0.15, 0.2) is 0 Å². The van der Waals surface area contributed by atoms with E-state index in [0.29, 0.717) is 12.1 Å². The van der Waals surface area contributed by atoms with Crippen LogP contribution >= 0.6 is 0 Å². The normalized spacial score (nSPS) is 24.3. The molecule has 1 aliphatic carbocycles. The molecule has 0 amide bonds. The lowest BCUT2D eigenvalue weighted by atomic mass is 9.98. The van der Waals surface area contributed by atoms with Crippen LogP contribution in [0.3, 0.4) is 0 Å². The van der Waals surface area contributed by atoms with Gasteiger partial charge >= 0.3 is 5.69 Å². The lowest BCUT2D eigenvalue weighted by Gasteiger charge is -2.24. The second kappa shape index (κ2) is 5.44. The highest BCUT2D eigenvalue weighted by Gasteiger charge is 2.26. The highest BCUT2D eigenvalue weighted by molar-refractivity contribution is 5.75. The SMILES string of the molecule is CCC1CCCC1NC(C)c1ccc2[nH]c(=O)[nH]c2c1. The fourth-order valence-electron chi connectivity index (χ4n) is 3.48. The minimum atomic E-state index is -0.139. The maximum absolute atomic E-state index is 11.3. The van der Waals surface area contributed by atoms with E-state index in [4.69, 9.17) is 0 Å². The maximum atomic E-state index is 11.3. The molecule has 0 saturated heterocycles. The summed E-state index contributed by atoms with van der Waals surface area (Å²) in [5.41, 5.74) is 2.85. The average molecular weight is 273 g/mol. The molecule has 3 N–H and O–H groups in total. The average Bonchev–Trinajstić information content (AvgIpc) is 3.02. The number of imidazole rings is 1. The Morgan fingerprint density at radius 2 is 2.10 bits per heavy atom. The Hall–Kier alpha value is -1.55. The van der Waals surface area contributed by atoms with Crippen LogP contribution in [0.25, 0.3) is 11.0 Å². The minimum Gasteiger partial charge on any atom is -0.307 e. The number of H-pyrrole nitrogens is 2. The summed E-state index contributed by atoms with van der Waals surface area (Å²) in [5.74, 6) is 0.813. The third kappa shape index (κ3) is 2.52. The van der Waals surface area contributed by atoms with Crippen LogP contribution < -0.4 is 11.0 Å². The summed E-state index contributed by atoms with van der Waals surface area (Å²) >= 11 is 0. The van der Waals surface area contributed by atoms with E-state index in [-0.39, 0.29) is 5.69 Å². The Labute approximate surface area is 119 Å². The fourth-order valence-corrected chi connectivity index (χ4v) is 3.48. The first kappa shape index (κ1) is 13.4. The summed E-state index contributed by atoms with van der Waals surface area (Å²) in [6.07, 6.45) is 5.23. The summed E-state index contributed by atoms with van der Waals surface area (Å²) in [6, 6.07) is 7.10. The van der Waals surface area contributed by atoms with Crippen molar-refractivity contribution in [3.05, 3.63) is 34.2 Å². The van der Waals surface area contributed by atoms with Crippen molar-refractivity contribution < 1.29 is 0 Å². The van der Waals surface area contributed by atoms with Gasteiger partial charge in [-0.2, -0.15) is 0 Å². The Bertz CT molecular complexity index is 642. The number of hydrogen-bond donors (Lipinski definition) is 3. The van der Waals surface area contributed by atoms with Gasteiger partial charge in [0.2, 0.25) is 0 Å². The molecule has 0 spiro atoms. The van der Waals surface area contributed by atoms with E-state index < -0.39 is 0 Å². The van der Waals surface area contributed by atoms with E-state index in [0.717, 1.165) is 17.0 Å². The largest absolute Gasteiger partial charge is 0.323 e. The van der Waals surface area contributed by atoms with E-state index in [9.17, 15) is 4.79 Å². The standard InChI is InChI=1S/C16H23N3O/c1-3-11-5-4-6-13(11)17-10(2)12-7-8-14-15(9-12)19-16(20)18-14/h7-11,13,17H,3-6H2,1-2H3,(H2,18,19,20). The van der Waals surface area contributed by atoms with E-state index in [2.05, 4.69) is 41.3 Å². The highest BCUT2D eigenvalue weighted by Crippen LogP contribution is 2.30. The first-order valence-electron chi connectivity index (χ1n) is 7.65. The smallest absolute Gasteiger partial charge is 0.307 e. The van der Waals surface area contributed by atoms with Gasteiger partial charge in [-0.15, -0.1) is 0 Å². The summed E-state index contributed by atoms with van der Waals surface area (Å²) in [7, 11) is 0. The van der Waals surface area contributed by atoms with Crippen molar-refractivity contribution in [3.63, 3.8) is 0 Å². The molecule has 1 aromatic carbocycles. The lowest BCUT2D eigenvalue weighted by Crippen LogP contribution is -2.34. The maximum Gasteiger partial charge on any atom is 0.323 e. The molecule has 1 aliphatic rings. The molecule has 1 saturated carbocycles. The van der Waals surface area contributed by atoms with Gasteiger partial charge in [0.05, 0.1) is 11.0 Å². The lowest BCUT2D eigenvalue weighted by molar-refractivity contribution is 0.360. The summed E-state index contributed by atoms with van der Waals surface area (Å²) in [6.45, 7) is 4.49. The van der Waals surface area contributed by atoms with Crippen LogP contribution in [0.1, 0.15) is 51.1 Å². The quantitative estimate of drug-likeness (QED) is 0.801. The minimum absolute atomic E-state index is 0.139. The molecule has 0 bridgehead atoms. The summed E-state index contributed by atoms with van der Waals surface area (Å²) in [4.78, 5) is 16.9. The van der Waals surface area contributed by atoms with Crippen LogP contribution in [0.4, 0.5) is 0 Å². The number of aromatic amines is 2. The molecular formula is C16H23N3O. The van der Waals surface area contributed by atoms with Crippen molar-refractivity contribution in [2.24, 2.45) is 5.92 Å². The van der Waals surface area contributed by atoms with Gasteiger partial charge in [-0.3, -0.25) is 0 Å². The molecule has 3 unspecified atom stereocenters. The first-order chi connectivity index (χ1) is 9.67. The van der Waals surface area contributed by atoms with Crippen LogP contribution in [-0.2, 0) is 0 Å². The Morgan fingerprint density at radius 1 is 1.30 bits per heavy atom. The highest BCUT2D eigenvalue weighted by atomic mass is 16.1. The topological polar surface area (TPSA) is 60.7 Å². The molecule has 1 fully saturated rings. The van der Waals surface area contributed by atoms with Crippen LogP contribution in [0, 0.1) is 5.92 Å². The summed E-state index contributed by atoms with van der Waals surface area (Å²) < 4.78 is 0. The van der Waals surface area contributed by atoms with Crippen molar-refractivity contribution in [1.82, 2.24) is 15.3 Å². The van der Waals surface area contributed by atoms with Gasteiger partial charge in [-0.05, 0) is 43.4 Å². The van der Waals surface area contributed by atoms with E-state index in [1.807, 2.05) is 6.07 Å². The van der Waals surface area contributed by atoms with Gasteiger partial charge in [0, 0.05) is 12.1 Å². The molecular weight excluding hydrogens is 250 g/mol. The molecule has 2 aromatic rings. The predicted molar refractivity (Wildman–Crippen MR) is 81.9 cm³/mol. The zero-order valence-corrected chi connectivity index (χ0v) is 12.2. The number of rotatable bonds is 4. The first-order valence-corrected chi connectivity index (χ1v) is 7.65. The molecule has 20 heavy (non-hydrogen) atoms. The molecule has 4 heteroatoms. The number of fused-ring (bicyclic) bond motifs is 1. The van der Waals surface area contributed by atoms with Crippen molar-refractivity contribution in [3.8, 4) is 0 Å². The van der Waals surface area contributed by atoms with Gasteiger partial charge in [-0.1, -0.05) is 25.8 Å². The molecule has 0 radical (unpaired) electrons. The van der Waals surface area contributed by atoms with Crippen molar-refractivity contribution in [2.75, 3.05) is 0 Å². The zero-order chi connectivity index (χ0) is 14.1. The number of hydrogen-bond acceptors (Lipinski definition) is 2. The van der Waals surface area contributed by atoms with Gasteiger partial charge in [0.25, 0.3) is 0 Å². The van der Waals surface area contributed by atoms with Crippen LogP contribution in [0.2, 0.25) is 0 Å². The van der Waals surface area contributed by atoms with Crippen LogP contribution in [0.15, 0.2) is 23.0 Å². The van der Waals surface area contributed by atoms with E-state index in [1.165, 1.54) is 31.2 Å². The molecule has 108 valence electrons. The van der Waals surface area contributed by atoms with Crippen molar-refractivity contribution in [2.45, 2.75) is 51.6 Å². The number of aromatic nitrogens is 2. The Kier molecular flexibility index (Phi) is 3.66.